The van der Waals surface area contributed by atoms with E-state index in [9.17, 15) is 4.39 Å². The molecule has 0 saturated heterocycles. The normalized spacial score (nSPS) is 10.2. The molecule has 0 radical (unpaired) electrons. The Hall–Kier alpha value is -2.12. The molecule has 104 valence electrons. The van der Waals surface area contributed by atoms with Crippen LogP contribution in [0.1, 0.15) is 28.1 Å². The Bertz CT molecular complexity index is 690. The van der Waals surface area contributed by atoms with E-state index in [1.165, 1.54) is 17.7 Å². The number of nitrogens with two attached hydrogens (primary N) is 1. The second kappa shape index (κ2) is 5.89. The average molecular weight is 271 g/mol. The molecule has 20 heavy (non-hydrogen) atoms. The fourth-order valence-electron chi connectivity index (χ4n) is 2.08. The van der Waals surface area contributed by atoms with Gasteiger partial charge in [-0.1, -0.05) is 11.8 Å². The number of nitrogens with zero attached hydrogens (tertiary/aromatic N) is 2. The summed E-state index contributed by atoms with van der Waals surface area (Å²) in [6.07, 6.45) is 0. The minimum atomic E-state index is -0.290. The Labute approximate surface area is 118 Å². The van der Waals surface area contributed by atoms with Crippen molar-refractivity contribution in [3.8, 4) is 11.8 Å². The van der Waals surface area contributed by atoms with Crippen LogP contribution in [0.3, 0.4) is 0 Å². The van der Waals surface area contributed by atoms with Gasteiger partial charge in [0.1, 0.15) is 5.82 Å². The first-order valence-electron chi connectivity index (χ1n) is 6.50. The van der Waals surface area contributed by atoms with E-state index < -0.39 is 0 Å². The van der Waals surface area contributed by atoms with Gasteiger partial charge in [-0.05, 0) is 50.1 Å². The van der Waals surface area contributed by atoms with Crippen LogP contribution in [0.4, 0.5) is 4.39 Å². The SMILES string of the molecule is Cc1nn(Cc2cc(F)cc(C#CCN)c2)c(C)c1C. The van der Waals surface area contributed by atoms with Crippen LogP contribution < -0.4 is 5.73 Å². The monoisotopic (exact) mass is 271 g/mol. The molecule has 4 heteroatoms. The fraction of sp³-hybridized carbons (Fsp3) is 0.312. The predicted molar refractivity (Wildman–Crippen MR) is 77.9 cm³/mol. The minimum absolute atomic E-state index is 0.266. The van der Waals surface area contributed by atoms with Crippen LogP contribution in [0.5, 0.6) is 0 Å². The molecule has 0 atom stereocenters. The molecule has 0 aliphatic heterocycles. The summed E-state index contributed by atoms with van der Waals surface area (Å²) in [5, 5.41) is 4.46. The molecule has 0 fully saturated rings. The number of hydrogen-bond donors (Lipinski definition) is 1. The molecule has 2 N–H and O–H groups in total. The third-order valence-electron chi connectivity index (χ3n) is 3.37. The van der Waals surface area contributed by atoms with E-state index >= 15 is 0 Å². The summed E-state index contributed by atoms with van der Waals surface area (Å²) in [5.41, 5.74) is 10.1. The van der Waals surface area contributed by atoms with E-state index in [0.717, 1.165) is 17.0 Å². The highest BCUT2D eigenvalue weighted by atomic mass is 19.1. The Morgan fingerprint density at radius 1 is 1.25 bits per heavy atom. The summed E-state index contributed by atoms with van der Waals surface area (Å²) in [4.78, 5) is 0. The molecular weight excluding hydrogens is 253 g/mol. The van der Waals surface area contributed by atoms with E-state index in [4.69, 9.17) is 5.73 Å². The molecule has 1 aromatic heterocycles. The molecular formula is C16H18FN3. The van der Waals surface area contributed by atoms with Gasteiger partial charge in [0.2, 0.25) is 0 Å². The molecule has 0 unspecified atom stereocenters. The van der Waals surface area contributed by atoms with E-state index in [1.54, 1.807) is 0 Å². The zero-order valence-electron chi connectivity index (χ0n) is 12.0. The van der Waals surface area contributed by atoms with Crippen molar-refractivity contribution < 1.29 is 4.39 Å². The summed E-state index contributed by atoms with van der Waals surface area (Å²) >= 11 is 0. The molecule has 0 aliphatic rings. The van der Waals surface area contributed by atoms with Crippen LogP contribution >= 0.6 is 0 Å². The van der Waals surface area contributed by atoms with Gasteiger partial charge in [0.25, 0.3) is 0 Å². The van der Waals surface area contributed by atoms with Crippen LogP contribution in [-0.2, 0) is 6.54 Å². The lowest BCUT2D eigenvalue weighted by Gasteiger charge is -2.06. The quantitative estimate of drug-likeness (QED) is 0.852. The number of rotatable bonds is 2. The lowest BCUT2D eigenvalue weighted by atomic mass is 10.1. The lowest BCUT2D eigenvalue weighted by molar-refractivity contribution is 0.615. The molecule has 0 spiro atoms. The standard InChI is InChI=1S/C16H18FN3/c1-11-12(2)19-20(13(11)3)10-15-7-14(5-4-6-18)8-16(17)9-15/h7-9H,6,10,18H2,1-3H3. The maximum atomic E-state index is 13.6. The minimum Gasteiger partial charge on any atom is -0.320 e. The van der Waals surface area contributed by atoms with Gasteiger partial charge in [-0.2, -0.15) is 5.10 Å². The van der Waals surface area contributed by atoms with Crippen LogP contribution in [-0.4, -0.2) is 16.3 Å². The first-order chi connectivity index (χ1) is 9.51. The molecule has 0 amide bonds. The molecule has 0 bridgehead atoms. The van der Waals surface area contributed by atoms with Gasteiger partial charge in [-0.15, -0.1) is 0 Å². The zero-order chi connectivity index (χ0) is 14.7. The summed E-state index contributed by atoms with van der Waals surface area (Å²) < 4.78 is 15.5. The fourth-order valence-corrected chi connectivity index (χ4v) is 2.08. The molecule has 0 aliphatic carbocycles. The summed E-state index contributed by atoms with van der Waals surface area (Å²) in [6, 6.07) is 4.80. The maximum Gasteiger partial charge on any atom is 0.124 e. The number of aryl methyl sites for hydroxylation is 1. The van der Waals surface area contributed by atoms with Gasteiger partial charge in [-0.3, -0.25) is 4.68 Å². The third kappa shape index (κ3) is 3.06. The molecule has 1 aromatic carbocycles. The largest absolute Gasteiger partial charge is 0.320 e. The van der Waals surface area contributed by atoms with E-state index in [2.05, 4.69) is 16.9 Å². The van der Waals surface area contributed by atoms with Gasteiger partial charge in [0, 0.05) is 11.3 Å². The van der Waals surface area contributed by atoms with Crippen molar-refractivity contribution in [3.63, 3.8) is 0 Å². The Balaban J connectivity index is 2.33. The number of hydrogen-bond acceptors (Lipinski definition) is 2. The summed E-state index contributed by atoms with van der Waals surface area (Å²) in [6.45, 7) is 6.84. The molecule has 2 aromatic rings. The lowest BCUT2D eigenvalue weighted by Crippen LogP contribution is -2.05. The smallest absolute Gasteiger partial charge is 0.124 e. The third-order valence-corrected chi connectivity index (χ3v) is 3.37. The van der Waals surface area contributed by atoms with Crippen molar-refractivity contribution in [2.24, 2.45) is 5.73 Å². The van der Waals surface area contributed by atoms with Crippen LogP contribution in [0.25, 0.3) is 0 Å². The number of benzene rings is 1. The number of halogens is 1. The van der Waals surface area contributed by atoms with Crippen molar-refractivity contribution in [2.75, 3.05) is 6.54 Å². The van der Waals surface area contributed by atoms with E-state index in [-0.39, 0.29) is 12.4 Å². The average Bonchev–Trinajstić information content (AvgIpc) is 2.63. The first-order valence-corrected chi connectivity index (χ1v) is 6.50. The molecule has 2 rings (SSSR count). The van der Waals surface area contributed by atoms with Gasteiger partial charge in [0.05, 0.1) is 18.8 Å². The topological polar surface area (TPSA) is 43.8 Å². The van der Waals surface area contributed by atoms with Gasteiger partial charge >= 0.3 is 0 Å². The highest BCUT2D eigenvalue weighted by Crippen LogP contribution is 2.15. The van der Waals surface area contributed by atoms with Gasteiger partial charge < -0.3 is 5.73 Å². The van der Waals surface area contributed by atoms with Crippen molar-refractivity contribution in [2.45, 2.75) is 27.3 Å². The summed E-state index contributed by atoms with van der Waals surface area (Å²) in [5.74, 6) is 5.30. The summed E-state index contributed by atoms with van der Waals surface area (Å²) in [7, 11) is 0. The van der Waals surface area contributed by atoms with Crippen molar-refractivity contribution in [3.05, 3.63) is 52.1 Å². The van der Waals surface area contributed by atoms with Crippen molar-refractivity contribution in [1.82, 2.24) is 9.78 Å². The van der Waals surface area contributed by atoms with Crippen LogP contribution in [0.15, 0.2) is 18.2 Å². The predicted octanol–water partition coefficient (Wildman–Crippen LogP) is 2.31. The highest BCUT2D eigenvalue weighted by molar-refractivity contribution is 5.38. The Morgan fingerprint density at radius 2 is 2.00 bits per heavy atom. The molecule has 3 nitrogen and oxygen atoms in total. The second-order valence-corrected chi connectivity index (χ2v) is 4.81. The number of aromatic nitrogens is 2. The van der Waals surface area contributed by atoms with E-state index in [0.29, 0.717) is 12.1 Å². The van der Waals surface area contributed by atoms with Crippen LogP contribution in [0.2, 0.25) is 0 Å². The van der Waals surface area contributed by atoms with Gasteiger partial charge in [-0.25, -0.2) is 4.39 Å². The van der Waals surface area contributed by atoms with Gasteiger partial charge in [0.15, 0.2) is 0 Å². The molecule has 0 saturated carbocycles. The Kier molecular flexibility index (Phi) is 4.21. The second-order valence-electron chi connectivity index (χ2n) is 4.81. The zero-order valence-corrected chi connectivity index (χ0v) is 12.0. The Morgan fingerprint density at radius 3 is 2.60 bits per heavy atom. The van der Waals surface area contributed by atoms with Crippen LogP contribution in [0, 0.1) is 38.4 Å². The van der Waals surface area contributed by atoms with Crippen molar-refractivity contribution >= 4 is 0 Å². The highest BCUT2D eigenvalue weighted by Gasteiger charge is 2.08. The first kappa shape index (κ1) is 14.3. The van der Waals surface area contributed by atoms with E-state index in [1.807, 2.05) is 31.5 Å². The van der Waals surface area contributed by atoms with Crippen molar-refractivity contribution in [1.29, 1.82) is 0 Å². The molecule has 1 heterocycles. The maximum absolute atomic E-state index is 13.6.